The first-order valence-electron chi connectivity index (χ1n) is 9.46. The van der Waals surface area contributed by atoms with Crippen molar-refractivity contribution >= 4 is 22.8 Å². The van der Waals surface area contributed by atoms with Gasteiger partial charge in [0.05, 0.1) is 17.6 Å². The second-order valence-corrected chi connectivity index (χ2v) is 6.81. The summed E-state index contributed by atoms with van der Waals surface area (Å²) in [6, 6.07) is 15.4. The van der Waals surface area contributed by atoms with Crippen molar-refractivity contribution in [1.82, 2.24) is 14.9 Å². The minimum Gasteiger partial charge on any atom is -0.494 e. The van der Waals surface area contributed by atoms with E-state index in [9.17, 15) is 4.79 Å². The Hall–Kier alpha value is -3.02. The lowest BCUT2D eigenvalue weighted by Gasteiger charge is -2.31. The van der Waals surface area contributed by atoms with Crippen LogP contribution in [0, 0.1) is 0 Å². The minimum atomic E-state index is -0.0695. The van der Waals surface area contributed by atoms with Crippen molar-refractivity contribution in [2.24, 2.45) is 0 Å². The number of piperidine rings is 1. The summed E-state index contributed by atoms with van der Waals surface area (Å²) in [7, 11) is 0. The number of hydrogen-bond acceptors (Lipinski definition) is 3. The van der Waals surface area contributed by atoms with Crippen molar-refractivity contribution in [1.29, 1.82) is 0 Å². The SMILES string of the molecule is CCOc1ccc(NC(=O)N2CCCC(c3nc4ccccc4[nH]3)C2)cc1. The number of benzene rings is 2. The van der Waals surface area contributed by atoms with Gasteiger partial charge in [0.2, 0.25) is 0 Å². The molecule has 1 aliphatic heterocycles. The molecule has 1 aromatic heterocycles. The second-order valence-electron chi connectivity index (χ2n) is 6.81. The monoisotopic (exact) mass is 364 g/mol. The molecule has 2 N–H and O–H groups in total. The third-order valence-corrected chi connectivity index (χ3v) is 4.92. The number of ether oxygens (including phenoxy) is 1. The van der Waals surface area contributed by atoms with E-state index in [1.165, 1.54) is 0 Å². The molecule has 2 heterocycles. The first-order chi connectivity index (χ1) is 13.2. The summed E-state index contributed by atoms with van der Waals surface area (Å²) in [5.41, 5.74) is 2.79. The number of para-hydroxylation sites is 2. The van der Waals surface area contributed by atoms with Gasteiger partial charge in [-0.05, 0) is 56.2 Å². The summed E-state index contributed by atoms with van der Waals surface area (Å²) in [5.74, 6) is 2.01. The van der Waals surface area contributed by atoms with Crippen molar-refractivity contribution in [3.05, 3.63) is 54.4 Å². The number of urea groups is 1. The van der Waals surface area contributed by atoms with E-state index in [2.05, 4.69) is 10.3 Å². The van der Waals surface area contributed by atoms with Gasteiger partial charge >= 0.3 is 6.03 Å². The van der Waals surface area contributed by atoms with Crippen LogP contribution in [0.25, 0.3) is 11.0 Å². The normalized spacial score (nSPS) is 17.1. The van der Waals surface area contributed by atoms with Crippen LogP contribution in [-0.2, 0) is 0 Å². The first-order valence-corrected chi connectivity index (χ1v) is 9.46. The number of amides is 2. The smallest absolute Gasteiger partial charge is 0.321 e. The van der Waals surface area contributed by atoms with E-state index in [1.807, 2.05) is 60.4 Å². The Bertz CT molecular complexity index is 886. The fourth-order valence-electron chi connectivity index (χ4n) is 3.55. The van der Waals surface area contributed by atoms with Crippen LogP contribution in [0.15, 0.2) is 48.5 Å². The summed E-state index contributed by atoms with van der Waals surface area (Å²) >= 11 is 0. The highest BCUT2D eigenvalue weighted by Crippen LogP contribution is 2.27. The molecule has 0 aliphatic carbocycles. The molecule has 1 saturated heterocycles. The fraction of sp³-hybridized carbons (Fsp3) is 0.333. The van der Waals surface area contributed by atoms with Crippen LogP contribution in [-0.4, -0.2) is 40.6 Å². The predicted molar refractivity (Wildman–Crippen MR) is 106 cm³/mol. The van der Waals surface area contributed by atoms with Crippen molar-refractivity contribution in [2.75, 3.05) is 25.0 Å². The summed E-state index contributed by atoms with van der Waals surface area (Å²) in [4.78, 5) is 22.7. The molecule has 6 heteroatoms. The molecular weight excluding hydrogens is 340 g/mol. The highest BCUT2D eigenvalue weighted by molar-refractivity contribution is 5.89. The van der Waals surface area contributed by atoms with Crippen LogP contribution < -0.4 is 10.1 Å². The van der Waals surface area contributed by atoms with E-state index in [0.29, 0.717) is 13.2 Å². The maximum atomic E-state index is 12.7. The van der Waals surface area contributed by atoms with Gasteiger partial charge in [-0.15, -0.1) is 0 Å². The van der Waals surface area contributed by atoms with E-state index in [-0.39, 0.29) is 11.9 Å². The van der Waals surface area contributed by atoms with E-state index in [4.69, 9.17) is 9.72 Å². The number of H-pyrrole nitrogens is 1. The third-order valence-electron chi connectivity index (χ3n) is 4.92. The summed E-state index contributed by atoms with van der Waals surface area (Å²) in [5, 5.41) is 2.98. The van der Waals surface area contributed by atoms with E-state index < -0.39 is 0 Å². The average Bonchev–Trinajstić information content (AvgIpc) is 3.14. The Labute approximate surface area is 158 Å². The lowest BCUT2D eigenvalue weighted by molar-refractivity contribution is 0.191. The lowest BCUT2D eigenvalue weighted by atomic mass is 9.97. The molecule has 4 rings (SSSR count). The maximum Gasteiger partial charge on any atom is 0.321 e. The van der Waals surface area contributed by atoms with Gasteiger partial charge < -0.3 is 19.9 Å². The van der Waals surface area contributed by atoms with Crippen molar-refractivity contribution in [2.45, 2.75) is 25.7 Å². The third kappa shape index (κ3) is 3.89. The number of nitrogens with one attached hydrogen (secondary N) is 2. The lowest BCUT2D eigenvalue weighted by Crippen LogP contribution is -2.41. The molecule has 2 aromatic carbocycles. The molecule has 1 unspecified atom stereocenters. The summed E-state index contributed by atoms with van der Waals surface area (Å²) in [6.07, 6.45) is 2.01. The van der Waals surface area contributed by atoms with Gasteiger partial charge in [-0.25, -0.2) is 9.78 Å². The number of nitrogens with zero attached hydrogens (tertiary/aromatic N) is 2. The van der Waals surface area contributed by atoms with Gasteiger partial charge in [0.1, 0.15) is 11.6 Å². The molecule has 3 aromatic rings. The quantitative estimate of drug-likeness (QED) is 0.722. The molecule has 1 atom stereocenters. The van der Waals surface area contributed by atoms with Crippen LogP contribution in [0.5, 0.6) is 5.75 Å². The average molecular weight is 364 g/mol. The van der Waals surface area contributed by atoms with Crippen LogP contribution >= 0.6 is 0 Å². The zero-order valence-electron chi connectivity index (χ0n) is 15.4. The molecule has 0 spiro atoms. The number of carbonyl (C=O) groups excluding carboxylic acids is 1. The highest BCUT2D eigenvalue weighted by atomic mass is 16.5. The summed E-state index contributed by atoms with van der Waals surface area (Å²) in [6.45, 7) is 4.01. The number of fused-ring (bicyclic) bond motifs is 1. The highest BCUT2D eigenvalue weighted by Gasteiger charge is 2.26. The molecule has 6 nitrogen and oxygen atoms in total. The minimum absolute atomic E-state index is 0.0695. The van der Waals surface area contributed by atoms with E-state index in [0.717, 1.165) is 47.7 Å². The Morgan fingerprint density at radius 3 is 2.85 bits per heavy atom. The first kappa shape index (κ1) is 17.4. The molecule has 1 fully saturated rings. The standard InChI is InChI=1S/C21H24N4O2/c1-2-27-17-11-9-16(10-12-17)22-21(26)25-13-5-6-15(14-25)20-23-18-7-3-4-8-19(18)24-20/h3-4,7-12,15H,2,5-6,13-14H2,1H3,(H,22,26)(H,23,24). The van der Waals surface area contributed by atoms with Crippen LogP contribution in [0.4, 0.5) is 10.5 Å². The number of aromatic amines is 1. The van der Waals surface area contributed by atoms with Gasteiger partial charge in [0, 0.05) is 24.7 Å². The van der Waals surface area contributed by atoms with Crippen molar-refractivity contribution in [3.8, 4) is 5.75 Å². The van der Waals surface area contributed by atoms with E-state index in [1.54, 1.807) is 0 Å². The Balaban J connectivity index is 1.41. The molecule has 0 radical (unpaired) electrons. The molecule has 0 saturated carbocycles. The largest absolute Gasteiger partial charge is 0.494 e. The predicted octanol–water partition coefficient (Wildman–Crippen LogP) is 4.37. The number of likely N-dealkylation sites (tertiary alicyclic amines) is 1. The van der Waals surface area contributed by atoms with Gasteiger partial charge in [-0.3, -0.25) is 0 Å². The maximum absolute atomic E-state index is 12.7. The number of carbonyl (C=O) groups is 1. The number of imidazole rings is 1. The second kappa shape index (κ2) is 7.70. The number of anilines is 1. The zero-order valence-corrected chi connectivity index (χ0v) is 15.4. The molecular formula is C21H24N4O2. The van der Waals surface area contributed by atoms with Crippen LogP contribution in [0.3, 0.4) is 0 Å². The molecule has 27 heavy (non-hydrogen) atoms. The van der Waals surface area contributed by atoms with Gasteiger partial charge in [-0.2, -0.15) is 0 Å². The van der Waals surface area contributed by atoms with Gasteiger partial charge in [-0.1, -0.05) is 12.1 Å². The van der Waals surface area contributed by atoms with Crippen LogP contribution in [0.1, 0.15) is 31.5 Å². The van der Waals surface area contributed by atoms with Crippen LogP contribution in [0.2, 0.25) is 0 Å². The molecule has 0 bridgehead atoms. The molecule has 2 amide bonds. The number of hydrogen-bond donors (Lipinski definition) is 2. The van der Waals surface area contributed by atoms with Gasteiger partial charge in [0.15, 0.2) is 0 Å². The Morgan fingerprint density at radius 2 is 2.07 bits per heavy atom. The Kier molecular flexibility index (Phi) is 4.96. The number of aromatic nitrogens is 2. The van der Waals surface area contributed by atoms with E-state index >= 15 is 0 Å². The summed E-state index contributed by atoms with van der Waals surface area (Å²) < 4.78 is 5.44. The van der Waals surface area contributed by atoms with Gasteiger partial charge in [0.25, 0.3) is 0 Å². The topological polar surface area (TPSA) is 70.2 Å². The Morgan fingerprint density at radius 1 is 1.26 bits per heavy atom. The van der Waals surface area contributed by atoms with Crippen molar-refractivity contribution < 1.29 is 9.53 Å². The molecule has 140 valence electrons. The molecule has 1 aliphatic rings. The van der Waals surface area contributed by atoms with Crippen molar-refractivity contribution in [3.63, 3.8) is 0 Å². The fourth-order valence-corrected chi connectivity index (χ4v) is 3.55. The number of rotatable bonds is 4. The zero-order chi connectivity index (χ0) is 18.6.